The summed E-state index contributed by atoms with van der Waals surface area (Å²) in [5, 5.41) is 19.1. The fourth-order valence-corrected chi connectivity index (χ4v) is 4.79. The molecule has 2 heterocycles. The van der Waals surface area contributed by atoms with Gasteiger partial charge in [0.25, 0.3) is 0 Å². The Morgan fingerprint density at radius 2 is 1.90 bits per heavy atom. The number of benzene rings is 2. The molecule has 0 radical (unpaired) electrons. The van der Waals surface area contributed by atoms with E-state index >= 15 is 0 Å². The molecule has 7 nitrogen and oxygen atoms in total. The first-order chi connectivity index (χ1) is 15.4. The molecule has 2 unspecified atom stereocenters. The monoisotopic (exact) mass is 418 g/mol. The fraction of sp³-hybridized carbons (Fsp3) is 0.458. The van der Waals surface area contributed by atoms with Gasteiger partial charge in [-0.1, -0.05) is 30.3 Å². The molecule has 7 heteroatoms. The summed E-state index contributed by atoms with van der Waals surface area (Å²) in [6.07, 6.45) is 9.08. The molecule has 2 N–H and O–H groups in total. The van der Waals surface area contributed by atoms with E-state index in [1.54, 1.807) is 11.0 Å². The predicted octanol–water partition coefficient (Wildman–Crippen LogP) is 3.57. The average Bonchev–Trinajstić information content (AvgIpc) is 3.54. The first-order valence-electron chi connectivity index (χ1n) is 11.4. The Kier molecular flexibility index (Phi) is 6.22. The van der Waals surface area contributed by atoms with Crippen LogP contribution in [0.15, 0.2) is 54.9 Å². The van der Waals surface area contributed by atoms with Crippen LogP contribution in [0, 0.1) is 0 Å². The van der Waals surface area contributed by atoms with Gasteiger partial charge in [-0.3, -0.25) is 0 Å². The summed E-state index contributed by atoms with van der Waals surface area (Å²) in [4.78, 5) is 0. The summed E-state index contributed by atoms with van der Waals surface area (Å²) in [6, 6.07) is 17.7. The Morgan fingerprint density at radius 3 is 2.71 bits per heavy atom. The van der Waals surface area contributed by atoms with Crippen LogP contribution in [0.1, 0.15) is 55.7 Å². The van der Waals surface area contributed by atoms with Gasteiger partial charge in [0, 0.05) is 24.2 Å². The molecule has 3 aromatic rings. The van der Waals surface area contributed by atoms with Gasteiger partial charge in [-0.15, -0.1) is 5.10 Å². The second-order valence-electron chi connectivity index (χ2n) is 8.54. The van der Waals surface area contributed by atoms with E-state index in [1.807, 2.05) is 6.07 Å². The Hall–Kier alpha value is -2.77. The average molecular weight is 419 g/mol. The van der Waals surface area contributed by atoms with E-state index in [0.29, 0.717) is 18.2 Å². The number of nitrogens with one attached hydrogen (secondary N) is 2. The molecule has 162 valence electrons. The first kappa shape index (κ1) is 20.2. The molecule has 2 aliphatic rings. The van der Waals surface area contributed by atoms with Crippen molar-refractivity contribution >= 4 is 0 Å². The minimum atomic E-state index is 0.317. The quantitative estimate of drug-likeness (QED) is 0.611. The first-order valence-corrected chi connectivity index (χ1v) is 11.4. The molecule has 0 amide bonds. The van der Waals surface area contributed by atoms with Crippen molar-refractivity contribution in [2.75, 3.05) is 6.54 Å². The molecule has 1 aromatic heterocycles. The number of hydrogen-bond donors (Lipinski definition) is 2. The van der Waals surface area contributed by atoms with E-state index in [-0.39, 0.29) is 0 Å². The molecule has 1 aliphatic carbocycles. The van der Waals surface area contributed by atoms with Crippen LogP contribution in [0.4, 0.5) is 0 Å². The van der Waals surface area contributed by atoms with Gasteiger partial charge >= 0.3 is 0 Å². The van der Waals surface area contributed by atoms with E-state index in [9.17, 15) is 0 Å². The molecule has 2 atom stereocenters. The summed E-state index contributed by atoms with van der Waals surface area (Å²) in [5.74, 6) is 0.969. The van der Waals surface area contributed by atoms with E-state index in [0.717, 1.165) is 49.4 Å². The normalized spacial score (nSPS) is 21.9. The van der Waals surface area contributed by atoms with Crippen molar-refractivity contribution in [2.45, 2.75) is 63.3 Å². The standard InChI is InChI=1S/C24H30N6O/c1-2-7-18(8-3-1)24-22(11-6-14-25-24)26-16-19-15-20(30-17-27-28-29-30)12-13-23(19)31-21-9-4-5-10-21/h1-3,7-8,12-13,15,17,21-22,24-26H,4-6,9-11,14,16H2. The number of hydrogen-bond acceptors (Lipinski definition) is 6. The van der Waals surface area contributed by atoms with Crippen LogP contribution in [0.3, 0.4) is 0 Å². The van der Waals surface area contributed by atoms with Crippen LogP contribution in [-0.2, 0) is 6.54 Å². The number of ether oxygens (including phenoxy) is 1. The Balaban J connectivity index is 1.36. The van der Waals surface area contributed by atoms with Gasteiger partial charge in [0.2, 0.25) is 0 Å². The minimum Gasteiger partial charge on any atom is -0.490 e. The molecule has 0 spiro atoms. The summed E-state index contributed by atoms with van der Waals surface area (Å²) >= 11 is 0. The summed E-state index contributed by atoms with van der Waals surface area (Å²) in [5.41, 5.74) is 3.43. The molecule has 1 aliphatic heterocycles. The maximum absolute atomic E-state index is 6.41. The largest absolute Gasteiger partial charge is 0.490 e. The maximum atomic E-state index is 6.41. The van der Waals surface area contributed by atoms with Gasteiger partial charge < -0.3 is 15.4 Å². The van der Waals surface area contributed by atoms with Crippen molar-refractivity contribution < 1.29 is 4.74 Å². The van der Waals surface area contributed by atoms with Crippen LogP contribution in [-0.4, -0.2) is 38.9 Å². The molecule has 0 bridgehead atoms. The lowest BCUT2D eigenvalue weighted by Crippen LogP contribution is -2.45. The lowest BCUT2D eigenvalue weighted by Gasteiger charge is -2.34. The second kappa shape index (κ2) is 9.58. The molecule has 2 aromatic carbocycles. The van der Waals surface area contributed by atoms with Crippen LogP contribution in [0.2, 0.25) is 0 Å². The van der Waals surface area contributed by atoms with Crippen LogP contribution >= 0.6 is 0 Å². The highest BCUT2D eigenvalue weighted by Gasteiger charge is 2.26. The fourth-order valence-electron chi connectivity index (χ4n) is 4.79. The van der Waals surface area contributed by atoms with E-state index < -0.39 is 0 Å². The third-order valence-electron chi connectivity index (χ3n) is 6.43. The van der Waals surface area contributed by atoms with Gasteiger partial charge in [0.1, 0.15) is 12.1 Å². The maximum Gasteiger partial charge on any atom is 0.143 e. The van der Waals surface area contributed by atoms with Crippen LogP contribution in [0.5, 0.6) is 5.75 Å². The topological polar surface area (TPSA) is 76.9 Å². The summed E-state index contributed by atoms with van der Waals surface area (Å²) in [6.45, 7) is 1.80. The SMILES string of the molecule is c1ccc(C2NCCCC2NCc2cc(-n3cnnn3)ccc2OC2CCCC2)cc1. The molecule has 2 fully saturated rings. The highest BCUT2D eigenvalue weighted by Crippen LogP contribution is 2.29. The molecular weight excluding hydrogens is 388 g/mol. The van der Waals surface area contributed by atoms with Crippen molar-refractivity contribution in [3.63, 3.8) is 0 Å². The van der Waals surface area contributed by atoms with Crippen molar-refractivity contribution in [1.82, 2.24) is 30.8 Å². The van der Waals surface area contributed by atoms with Crippen molar-refractivity contribution in [2.24, 2.45) is 0 Å². The number of tetrazole rings is 1. The Morgan fingerprint density at radius 1 is 1.03 bits per heavy atom. The number of nitrogens with zero attached hydrogens (tertiary/aromatic N) is 4. The van der Waals surface area contributed by atoms with Crippen molar-refractivity contribution in [3.8, 4) is 11.4 Å². The highest BCUT2D eigenvalue weighted by molar-refractivity contribution is 5.44. The number of rotatable bonds is 7. The van der Waals surface area contributed by atoms with Gasteiger partial charge in [0.05, 0.1) is 11.8 Å². The summed E-state index contributed by atoms with van der Waals surface area (Å²) < 4.78 is 8.11. The van der Waals surface area contributed by atoms with Crippen molar-refractivity contribution in [3.05, 3.63) is 66.0 Å². The highest BCUT2D eigenvalue weighted by atomic mass is 16.5. The van der Waals surface area contributed by atoms with Gasteiger partial charge in [-0.2, -0.15) is 0 Å². The third kappa shape index (κ3) is 4.78. The zero-order chi connectivity index (χ0) is 20.9. The van der Waals surface area contributed by atoms with E-state index in [2.05, 4.69) is 68.6 Å². The van der Waals surface area contributed by atoms with Gasteiger partial charge in [-0.25, -0.2) is 4.68 Å². The zero-order valence-electron chi connectivity index (χ0n) is 17.8. The molecular formula is C24H30N6O. The van der Waals surface area contributed by atoms with E-state index in [4.69, 9.17) is 4.74 Å². The lowest BCUT2D eigenvalue weighted by molar-refractivity contribution is 0.206. The number of aromatic nitrogens is 4. The smallest absolute Gasteiger partial charge is 0.143 e. The number of piperidine rings is 1. The molecule has 31 heavy (non-hydrogen) atoms. The van der Waals surface area contributed by atoms with Gasteiger partial charge in [0.15, 0.2) is 0 Å². The van der Waals surface area contributed by atoms with Crippen LogP contribution in [0.25, 0.3) is 5.69 Å². The van der Waals surface area contributed by atoms with Crippen molar-refractivity contribution in [1.29, 1.82) is 0 Å². The third-order valence-corrected chi connectivity index (χ3v) is 6.43. The van der Waals surface area contributed by atoms with E-state index in [1.165, 1.54) is 24.8 Å². The molecule has 5 rings (SSSR count). The molecule has 1 saturated heterocycles. The van der Waals surface area contributed by atoms with Gasteiger partial charge in [-0.05, 0) is 79.3 Å². The minimum absolute atomic E-state index is 0.317. The Bertz CT molecular complexity index is 955. The zero-order valence-corrected chi connectivity index (χ0v) is 17.8. The van der Waals surface area contributed by atoms with Crippen LogP contribution < -0.4 is 15.4 Å². The predicted molar refractivity (Wildman–Crippen MR) is 119 cm³/mol. The summed E-state index contributed by atoms with van der Waals surface area (Å²) in [7, 11) is 0. The lowest BCUT2D eigenvalue weighted by atomic mass is 9.92. The second-order valence-corrected chi connectivity index (χ2v) is 8.54. The Labute approximate surface area is 183 Å². The molecule has 1 saturated carbocycles.